The van der Waals surface area contributed by atoms with Gasteiger partial charge in [0.15, 0.2) is 0 Å². The van der Waals surface area contributed by atoms with Crippen molar-refractivity contribution in [2.75, 3.05) is 82.1 Å². The predicted molar refractivity (Wildman–Crippen MR) is 363 cm³/mol. The molecule has 534 valence electrons. The lowest BCUT2D eigenvalue weighted by Gasteiger charge is -2.37. The maximum atomic E-state index is 15.0. The van der Waals surface area contributed by atoms with Gasteiger partial charge in [-0.15, -0.1) is 0 Å². The zero-order valence-corrected chi connectivity index (χ0v) is 60.2. The van der Waals surface area contributed by atoms with Gasteiger partial charge >= 0.3 is 0 Å². The smallest absolute Gasteiger partial charge is 0.247 e. The molecule has 0 radical (unpaired) electrons. The van der Waals surface area contributed by atoms with Gasteiger partial charge in [-0.1, -0.05) is 97.9 Å². The summed E-state index contributed by atoms with van der Waals surface area (Å²) in [5.41, 5.74) is 0.331. The highest BCUT2D eigenvalue weighted by Crippen LogP contribution is 2.22. The Balaban J connectivity index is 1.91. The fourth-order valence-electron chi connectivity index (χ4n) is 11.8. The molecule has 2 aliphatic heterocycles. The number of carbonyl (C=O) groups excluding carboxylic acids is 12. The van der Waals surface area contributed by atoms with E-state index in [1.54, 1.807) is 95.8 Å². The van der Waals surface area contributed by atoms with E-state index in [2.05, 4.69) is 21.3 Å². The number of hydrogen-bond acceptors (Lipinski definition) is 14. The maximum absolute atomic E-state index is 15.0. The summed E-state index contributed by atoms with van der Waals surface area (Å²) in [4.78, 5) is 187. The summed E-state index contributed by atoms with van der Waals surface area (Å²) in [7, 11) is 9.67. The summed E-state index contributed by atoms with van der Waals surface area (Å²) < 4.78 is 6.13. The minimum absolute atomic E-state index is 0.0388. The normalized spacial score (nSPS) is 24.7. The Morgan fingerprint density at radius 2 is 1.02 bits per heavy atom. The largest absolute Gasteiger partial charge is 0.508 e. The molecule has 26 nitrogen and oxygen atoms in total. The van der Waals surface area contributed by atoms with E-state index in [0.717, 1.165) is 26.0 Å². The van der Waals surface area contributed by atoms with Crippen molar-refractivity contribution in [3.05, 3.63) is 65.7 Å². The van der Waals surface area contributed by atoms with E-state index in [0.29, 0.717) is 37.1 Å². The number of amides is 12. The number of piperidine rings is 1. The fourth-order valence-corrected chi connectivity index (χ4v) is 11.8. The molecule has 0 aromatic heterocycles. The van der Waals surface area contributed by atoms with Gasteiger partial charge in [0, 0.05) is 75.3 Å². The second-order valence-electron chi connectivity index (χ2n) is 28.5. The highest BCUT2D eigenvalue weighted by atomic mass is 16.5. The van der Waals surface area contributed by atoms with Crippen molar-refractivity contribution in [1.82, 2.24) is 60.5 Å². The molecule has 26 heteroatoms. The molecule has 12 amide bonds. The molecule has 9 atom stereocenters. The second kappa shape index (κ2) is 36.3. The SMILES string of the molecule is CC(C)C[C@H]1C(=O)N[C@@H](Cc2ccc(O)cc2)C(=O)N(C)CC(=O)N(C)[C@@H](C)C(=O)N(C)[C@@H](CC(C)C)C(=O)N[C@@H](COC(C)(C)C)C(=O)N(C)[C@@H](C(C)C)C(=O)N[C@H](C(=O)N2CCCCC2)CC(=O)N(C)CC(=O)N(C)[C@@H](Cc2ccccc2)C(=O)N[C@@H](C(C)C)C(=O)N1C. The summed E-state index contributed by atoms with van der Waals surface area (Å²) in [6, 6.07) is 2.94. The first-order chi connectivity index (χ1) is 44.8. The number of rotatable bonds is 13. The molecule has 4 rings (SSSR count). The van der Waals surface area contributed by atoms with Crippen molar-refractivity contribution in [2.45, 2.75) is 194 Å². The Bertz CT molecular complexity index is 3020. The van der Waals surface area contributed by atoms with Crippen LogP contribution in [0.4, 0.5) is 0 Å². The first-order valence-electron chi connectivity index (χ1n) is 33.5. The number of likely N-dealkylation sites (tertiary alicyclic amines) is 1. The van der Waals surface area contributed by atoms with E-state index >= 15 is 9.59 Å². The van der Waals surface area contributed by atoms with E-state index < -0.39 is 162 Å². The fraction of sp³-hybridized carbons (Fsp3) is 0.657. The van der Waals surface area contributed by atoms with Gasteiger partial charge in [0.05, 0.1) is 31.7 Å². The number of nitrogens with one attached hydrogen (secondary N) is 4. The minimum atomic E-state index is -1.48. The standard InChI is InChI=1S/C70H110N12O14/c1-42(2)34-53-62(88)73-52(41-96-70(10,11)12)67(93)81(19)60(45(7)8)64(90)72-51(68(94)82-32-24-21-25-33-82)38-56(84)75(13)39-58(86)78(16)55(37-47-26-22-20-23-27-47)63(89)74-59(44(5)6)69(95)80(18)54(35-43(3)4)61(87)71-50(36-48-28-30-49(83)31-29-48)66(92)76(14)40-57(85)77(15)46(9)65(91)79(53)17/h20,22-23,26-31,42-46,50-55,59-60,83H,21,24-25,32-41H2,1-19H3,(H,71,87)(H,72,90)(H,73,88)(H,74,89)/t46-,50-,51-,52-,53-,54-,55-,59-,60-/m0/s1. The number of carbonyl (C=O) groups is 12. The average molecular weight is 1340 g/mol. The lowest BCUT2D eigenvalue weighted by atomic mass is 9.97. The molecule has 0 spiro atoms. The Labute approximate surface area is 568 Å². The molecule has 2 aromatic carbocycles. The molecule has 2 saturated heterocycles. The van der Waals surface area contributed by atoms with Gasteiger partial charge in [-0.3, -0.25) is 57.5 Å². The van der Waals surface area contributed by atoms with E-state index in [1.807, 2.05) is 27.7 Å². The third kappa shape index (κ3) is 23.0. The molecule has 2 fully saturated rings. The molecular weight excluding hydrogens is 1230 g/mol. The van der Waals surface area contributed by atoms with Gasteiger partial charge < -0.3 is 70.3 Å². The summed E-state index contributed by atoms with van der Waals surface area (Å²) in [5, 5.41) is 21.5. The van der Waals surface area contributed by atoms with Crippen LogP contribution in [0.3, 0.4) is 0 Å². The minimum Gasteiger partial charge on any atom is -0.508 e. The molecule has 2 aromatic rings. The third-order valence-electron chi connectivity index (χ3n) is 17.8. The molecule has 96 heavy (non-hydrogen) atoms. The quantitative estimate of drug-likeness (QED) is 0.193. The van der Waals surface area contributed by atoms with E-state index in [1.165, 1.54) is 83.1 Å². The lowest BCUT2D eigenvalue weighted by molar-refractivity contribution is -0.151. The molecule has 0 aliphatic carbocycles. The number of aromatic hydroxyl groups is 1. The summed E-state index contributed by atoms with van der Waals surface area (Å²) in [6.07, 6.45) is 1.61. The zero-order valence-electron chi connectivity index (χ0n) is 60.2. The topological polar surface area (TPSA) is 308 Å². The number of likely N-dealkylation sites (N-methyl/N-ethyl adjacent to an activating group) is 7. The van der Waals surface area contributed by atoms with Crippen molar-refractivity contribution in [2.24, 2.45) is 23.7 Å². The first kappa shape index (κ1) is 80.3. The average Bonchev–Trinajstić information content (AvgIpc) is 0.979. The molecule has 0 saturated carbocycles. The second-order valence-corrected chi connectivity index (χ2v) is 28.5. The van der Waals surface area contributed by atoms with Crippen molar-refractivity contribution >= 4 is 70.9 Å². The number of nitrogens with zero attached hydrogens (tertiary/aromatic N) is 8. The summed E-state index contributed by atoms with van der Waals surface area (Å²) in [6.45, 7) is 20.0. The highest BCUT2D eigenvalue weighted by Gasteiger charge is 2.43. The van der Waals surface area contributed by atoms with Crippen LogP contribution in [0.15, 0.2) is 54.6 Å². The maximum Gasteiger partial charge on any atom is 0.247 e. The van der Waals surface area contributed by atoms with Gasteiger partial charge in [0.2, 0.25) is 70.9 Å². The number of ether oxygens (including phenoxy) is 1. The van der Waals surface area contributed by atoms with E-state index in [-0.39, 0.29) is 49.9 Å². The van der Waals surface area contributed by atoms with Gasteiger partial charge in [0.25, 0.3) is 0 Å². The number of benzene rings is 2. The number of phenolic OH excluding ortho intramolecular Hbond substituents is 1. The van der Waals surface area contributed by atoms with Crippen molar-refractivity contribution in [3.63, 3.8) is 0 Å². The van der Waals surface area contributed by atoms with Crippen LogP contribution in [0, 0.1) is 23.7 Å². The van der Waals surface area contributed by atoms with Crippen molar-refractivity contribution in [3.8, 4) is 5.75 Å². The van der Waals surface area contributed by atoms with E-state index in [4.69, 9.17) is 4.74 Å². The first-order valence-corrected chi connectivity index (χ1v) is 33.5. The zero-order chi connectivity index (χ0) is 72.4. The number of hydrogen-bond donors (Lipinski definition) is 5. The Morgan fingerprint density at radius 3 is 1.54 bits per heavy atom. The van der Waals surface area contributed by atoms with Crippen LogP contribution < -0.4 is 21.3 Å². The van der Waals surface area contributed by atoms with E-state index in [9.17, 15) is 53.1 Å². The molecule has 0 bridgehead atoms. The van der Waals surface area contributed by atoms with Gasteiger partial charge in [-0.25, -0.2) is 0 Å². The van der Waals surface area contributed by atoms with Gasteiger partial charge in [-0.05, 0) is 107 Å². The molecular formula is C70H110N12O14. The van der Waals surface area contributed by atoms with Crippen LogP contribution >= 0.6 is 0 Å². The predicted octanol–water partition coefficient (Wildman–Crippen LogP) is 2.82. The lowest BCUT2D eigenvalue weighted by Crippen LogP contribution is -2.62. The van der Waals surface area contributed by atoms with Crippen LogP contribution in [0.25, 0.3) is 0 Å². The van der Waals surface area contributed by atoms with Crippen LogP contribution in [-0.4, -0.2) is 257 Å². The van der Waals surface area contributed by atoms with Crippen LogP contribution in [0.1, 0.15) is 133 Å². The van der Waals surface area contributed by atoms with Crippen LogP contribution in [0.5, 0.6) is 5.75 Å². The summed E-state index contributed by atoms with van der Waals surface area (Å²) >= 11 is 0. The van der Waals surface area contributed by atoms with Gasteiger partial charge in [-0.2, -0.15) is 0 Å². The van der Waals surface area contributed by atoms with Gasteiger partial charge in [0.1, 0.15) is 60.1 Å². The third-order valence-corrected chi connectivity index (χ3v) is 17.8. The Morgan fingerprint density at radius 1 is 0.521 bits per heavy atom. The highest BCUT2D eigenvalue weighted by molar-refractivity contribution is 6.00. The Hall–Kier alpha value is -8.16. The molecule has 2 aliphatic rings. The van der Waals surface area contributed by atoms with Crippen molar-refractivity contribution < 1.29 is 67.4 Å². The number of phenols is 1. The molecule has 0 unspecified atom stereocenters. The molecule has 2 heterocycles. The Kier molecular flexibility index (Phi) is 30.3. The van der Waals surface area contributed by atoms with Crippen LogP contribution in [0.2, 0.25) is 0 Å². The summed E-state index contributed by atoms with van der Waals surface area (Å²) in [5.74, 6) is -10.2. The van der Waals surface area contributed by atoms with Crippen LogP contribution in [-0.2, 0) is 75.1 Å². The van der Waals surface area contributed by atoms with Crippen molar-refractivity contribution in [1.29, 1.82) is 0 Å². The molecule has 5 N–H and O–H groups in total. The monoisotopic (exact) mass is 1340 g/mol.